The molecule has 0 bridgehead atoms. The van der Waals surface area contributed by atoms with Gasteiger partial charge in [-0.2, -0.15) is 0 Å². The normalized spacial score (nSPS) is 12.5. The van der Waals surface area contributed by atoms with E-state index in [1.54, 1.807) is 0 Å². The van der Waals surface area contributed by atoms with Gasteiger partial charge >= 0.3 is 0 Å². The molecule has 0 aliphatic carbocycles. The van der Waals surface area contributed by atoms with Crippen LogP contribution in [0.5, 0.6) is 0 Å². The summed E-state index contributed by atoms with van der Waals surface area (Å²) in [6, 6.07) is 16.5. The third kappa shape index (κ3) is 4.32. The highest BCUT2D eigenvalue weighted by Crippen LogP contribution is 2.19. The number of unbranched alkanes of at least 4 members (excludes halogenated alkanes) is 1. The lowest BCUT2D eigenvalue weighted by molar-refractivity contribution is 0.958. The Morgan fingerprint density at radius 3 is 1.91 bits per heavy atom. The minimum Gasteiger partial charge on any atom is -0.383 e. The number of allylic oxidation sites excluding steroid dienone is 1. The SMILES string of the molecule is CCC/C=C(/N=C(N)c1ccc(C)cc1)c1ccc(C)cc1. The molecule has 0 aliphatic heterocycles. The molecule has 0 saturated heterocycles. The molecule has 2 nitrogen and oxygen atoms in total. The fraction of sp³-hybridized carbons (Fsp3) is 0.250. The Bertz CT molecular complexity index is 662. The summed E-state index contributed by atoms with van der Waals surface area (Å²) in [7, 11) is 0. The molecule has 0 saturated carbocycles. The molecular weight excluding hydrogens is 268 g/mol. The van der Waals surface area contributed by atoms with Crippen molar-refractivity contribution < 1.29 is 0 Å². The van der Waals surface area contributed by atoms with Gasteiger partial charge in [-0.05, 0) is 25.8 Å². The second-order valence-corrected chi connectivity index (χ2v) is 5.61. The maximum Gasteiger partial charge on any atom is 0.131 e. The molecule has 2 N–H and O–H groups in total. The van der Waals surface area contributed by atoms with Crippen LogP contribution in [-0.2, 0) is 0 Å². The van der Waals surface area contributed by atoms with Crippen molar-refractivity contribution in [1.29, 1.82) is 0 Å². The molecule has 114 valence electrons. The van der Waals surface area contributed by atoms with Crippen molar-refractivity contribution in [2.75, 3.05) is 0 Å². The van der Waals surface area contributed by atoms with Crippen LogP contribution in [0, 0.1) is 13.8 Å². The minimum absolute atomic E-state index is 0.558. The molecule has 2 aromatic rings. The van der Waals surface area contributed by atoms with Gasteiger partial charge in [-0.1, -0.05) is 79.1 Å². The third-order valence-corrected chi connectivity index (χ3v) is 3.56. The molecule has 0 aromatic heterocycles. The van der Waals surface area contributed by atoms with Crippen molar-refractivity contribution in [1.82, 2.24) is 0 Å². The summed E-state index contributed by atoms with van der Waals surface area (Å²) < 4.78 is 0. The maximum atomic E-state index is 6.19. The average Bonchev–Trinajstić information content (AvgIpc) is 2.52. The van der Waals surface area contributed by atoms with E-state index in [2.05, 4.69) is 68.2 Å². The van der Waals surface area contributed by atoms with E-state index in [0.717, 1.165) is 29.7 Å². The Labute approximate surface area is 133 Å². The van der Waals surface area contributed by atoms with Crippen LogP contribution in [-0.4, -0.2) is 5.84 Å². The van der Waals surface area contributed by atoms with Gasteiger partial charge in [-0.15, -0.1) is 0 Å². The van der Waals surface area contributed by atoms with E-state index in [1.807, 2.05) is 12.1 Å². The number of benzene rings is 2. The van der Waals surface area contributed by atoms with Crippen LogP contribution in [0.1, 0.15) is 42.0 Å². The predicted octanol–water partition coefficient (Wildman–Crippen LogP) is 4.85. The Kier molecular flexibility index (Phi) is 5.54. The van der Waals surface area contributed by atoms with Crippen molar-refractivity contribution in [3.63, 3.8) is 0 Å². The van der Waals surface area contributed by atoms with Crippen LogP contribution in [0.25, 0.3) is 5.70 Å². The van der Waals surface area contributed by atoms with E-state index in [0.29, 0.717) is 5.84 Å². The largest absolute Gasteiger partial charge is 0.383 e. The second kappa shape index (κ2) is 7.60. The van der Waals surface area contributed by atoms with E-state index < -0.39 is 0 Å². The number of hydrogen-bond acceptors (Lipinski definition) is 1. The first kappa shape index (κ1) is 16.0. The molecule has 0 atom stereocenters. The van der Waals surface area contributed by atoms with Gasteiger partial charge in [0.1, 0.15) is 5.84 Å². The summed E-state index contributed by atoms with van der Waals surface area (Å²) >= 11 is 0. The van der Waals surface area contributed by atoms with Gasteiger partial charge in [0.25, 0.3) is 0 Å². The van der Waals surface area contributed by atoms with Crippen LogP contribution < -0.4 is 5.73 Å². The zero-order chi connectivity index (χ0) is 15.9. The quantitative estimate of drug-likeness (QED) is 0.621. The van der Waals surface area contributed by atoms with Crippen molar-refractivity contribution >= 4 is 11.5 Å². The monoisotopic (exact) mass is 292 g/mol. The number of nitrogens with two attached hydrogens (primary N) is 1. The summed E-state index contributed by atoms with van der Waals surface area (Å²) in [5.41, 5.74) is 11.7. The smallest absolute Gasteiger partial charge is 0.131 e. The number of aliphatic imine (C=N–C) groups is 1. The van der Waals surface area contributed by atoms with Gasteiger partial charge in [0.2, 0.25) is 0 Å². The topological polar surface area (TPSA) is 38.4 Å². The first-order chi connectivity index (χ1) is 10.6. The number of amidine groups is 1. The lowest BCUT2D eigenvalue weighted by atomic mass is 10.1. The molecule has 2 aromatic carbocycles. The molecular formula is C20H24N2. The fourth-order valence-electron chi connectivity index (χ4n) is 2.15. The highest BCUT2D eigenvalue weighted by molar-refractivity contribution is 6.00. The maximum absolute atomic E-state index is 6.19. The lowest BCUT2D eigenvalue weighted by Gasteiger charge is -2.07. The second-order valence-electron chi connectivity index (χ2n) is 5.61. The van der Waals surface area contributed by atoms with Gasteiger partial charge in [0.05, 0.1) is 5.70 Å². The molecule has 2 rings (SSSR count). The summed E-state index contributed by atoms with van der Waals surface area (Å²) in [4.78, 5) is 4.67. The zero-order valence-electron chi connectivity index (χ0n) is 13.6. The third-order valence-electron chi connectivity index (χ3n) is 3.56. The molecule has 0 spiro atoms. The minimum atomic E-state index is 0.558. The van der Waals surface area contributed by atoms with Gasteiger partial charge in [-0.25, -0.2) is 4.99 Å². The van der Waals surface area contributed by atoms with E-state index in [4.69, 9.17) is 5.73 Å². The summed E-state index contributed by atoms with van der Waals surface area (Å²) in [6.45, 7) is 6.31. The van der Waals surface area contributed by atoms with Gasteiger partial charge in [0.15, 0.2) is 0 Å². The van der Waals surface area contributed by atoms with Crippen molar-refractivity contribution in [2.45, 2.75) is 33.6 Å². The van der Waals surface area contributed by atoms with E-state index in [9.17, 15) is 0 Å². The van der Waals surface area contributed by atoms with Gasteiger partial charge in [0, 0.05) is 5.56 Å². The average molecular weight is 292 g/mol. The highest BCUT2D eigenvalue weighted by atomic mass is 14.9. The fourth-order valence-corrected chi connectivity index (χ4v) is 2.15. The Hall–Kier alpha value is -2.35. The number of hydrogen-bond donors (Lipinski definition) is 1. The molecule has 0 amide bonds. The standard InChI is InChI=1S/C20H24N2/c1-4-5-6-19(17-11-7-15(2)8-12-17)22-20(21)18-13-9-16(3)10-14-18/h6-14H,4-5H2,1-3H3,(H2,21,22)/b19-6+. The number of nitrogens with zero attached hydrogens (tertiary/aromatic N) is 1. The van der Waals surface area contributed by atoms with Crippen LogP contribution in [0.3, 0.4) is 0 Å². The number of rotatable bonds is 5. The Morgan fingerprint density at radius 1 is 0.909 bits per heavy atom. The van der Waals surface area contributed by atoms with Gasteiger partial charge in [-0.3, -0.25) is 0 Å². The summed E-state index contributed by atoms with van der Waals surface area (Å²) in [6.07, 6.45) is 4.24. The van der Waals surface area contributed by atoms with Crippen LogP contribution in [0.4, 0.5) is 0 Å². The summed E-state index contributed by atoms with van der Waals surface area (Å²) in [5, 5.41) is 0. The van der Waals surface area contributed by atoms with E-state index >= 15 is 0 Å². The highest BCUT2D eigenvalue weighted by Gasteiger charge is 2.03. The lowest BCUT2D eigenvalue weighted by Crippen LogP contribution is -2.13. The Morgan fingerprint density at radius 2 is 1.41 bits per heavy atom. The first-order valence-corrected chi connectivity index (χ1v) is 7.78. The van der Waals surface area contributed by atoms with Gasteiger partial charge < -0.3 is 5.73 Å². The molecule has 0 unspecified atom stereocenters. The van der Waals surface area contributed by atoms with E-state index in [-0.39, 0.29) is 0 Å². The van der Waals surface area contributed by atoms with Crippen LogP contribution in [0.2, 0.25) is 0 Å². The van der Waals surface area contributed by atoms with Crippen LogP contribution >= 0.6 is 0 Å². The van der Waals surface area contributed by atoms with Crippen molar-refractivity contribution in [3.05, 3.63) is 76.9 Å². The molecule has 2 heteroatoms. The molecule has 0 heterocycles. The molecule has 22 heavy (non-hydrogen) atoms. The molecule has 0 radical (unpaired) electrons. The first-order valence-electron chi connectivity index (χ1n) is 7.78. The van der Waals surface area contributed by atoms with Crippen molar-refractivity contribution in [3.8, 4) is 0 Å². The molecule has 0 aliphatic rings. The predicted molar refractivity (Wildman–Crippen MR) is 96.0 cm³/mol. The Balaban J connectivity index is 2.35. The zero-order valence-corrected chi connectivity index (χ0v) is 13.6. The summed E-state index contributed by atoms with van der Waals surface area (Å²) in [5.74, 6) is 0.558. The van der Waals surface area contributed by atoms with Crippen molar-refractivity contribution in [2.24, 2.45) is 10.7 Å². The van der Waals surface area contributed by atoms with E-state index in [1.165, 1.54) is 11.1 Å². The van der Waals surface area contributed by atoms with Crippen LogP contribution in [0.15, 0.2) is 59.6 Å². The molecule has 0 fully saturated rings. The number of aryl methyl sites for hydroxylation is 2.